The maximum Gasteiger partial charge on any atom is 0.227 e. The van der Waals surface area contributed by atoms with Gasteiger partial charge < -0.3 is 14.6 Å². The van der Waals surface area contributed by atoms with Gasteiger partial charge in [-0.05, 0) is 24.0 Å². The molecule has 0 unspecified atom stereocenters. The van der Waals surface area contributed by atoms with E-state index in [-0.39, 0.29) is 12.3 Å². The van der Waals surface area contributed by atoms with Gasteiger partial charge in [-0.2, -0.15) is 4.98 Å². The SMILES string of the molecule is CNC(=O)Cc1noc(C[C@H]2CCOc3ccccc32)n1. The Balaban J connectivity index is 1.72. The quantitative estimate of drug-likeness (QED) is 0.921. The van der Waals surface area contributed by atoms with E-state index in [4.69, 9.17) is 9.26 Å². The van der Waals surface area contributed by atoms with Crippen LogP contribution in [0.2, 0.25) is 0 Å². The van der Waals surface area contributed by atoms with Gasteiger partial charge >= 0.3 is 0 Å². The fourth-order valence-electron chi connectivity index (χ4n) is 2.52. The molecule has 1 amide bonds. The molecule has 0 fully saturated rings. The van der Waals surface area contributed by atoms with Gasteiger partial charge in [-0.1, -0.05) is 23.4 Å². The first-order valence-corrected chi connectivity index (χ1v) is 7.00. The Morgan fingerprint density at radius 3 is 3.14 bits per heavy atom. The first kappa shape index (κ1) is 13.6. The Kier molecular flexibility index (Phi) is 3.85. The van der Waals surface area contributed by atoms with Crippen molar-refractivity contribution in [1.82, 2.24) is 15.5 Å². The lowest BCUT2D eigenvalue weighted by molar-refractivity contribution is -0.120. The Morgan fingerprint density at radius 1 is 1.43 bits per heavy atom. The molecular formula is C15H17N3O3. The number of ether oxygens (including phenoxy) is 1. The number of hydrogen-bond donors (Lipinski definition) is 1. The number of fused-ring (bicyclic) bond motifs is 1. The third-order valence-corrected chi connectivity index (χ3v) is 3.61. The summed E-state index contributed by atoms with van der Waals surface area (Å²) in [5, 5.41) is 6.39. The zero-order valence-corrected chi connectivity index (χ0v) is 11.8. The molecule has 0 spiro atoms. The van der Waals surface area contributed by atoms with E-state index in [1.165, 1.54) is 5.56 Å². The molecule has 1 aliphatic rings. The van der Waals surface area contributed by atoms with Crippen LogP contribution in [0.5, 0.6) is 5.75 Å². The van der Waals surface area contributed by atoms with Gasteiger partial charge in [0, 0.05) is 13.5 Å². The van der Waals surface area contributed by atoms with Crippen LogP contribution in [0.1, 0.15) is 29.6 Å². The summed E-state index contributed by atoms with van der Waals surface area (Å²) in [5.41, 5.74) is 1.18. The number of carbonyl (C=O) groups excluding carboxylic acids is 1. The highest BCUT2D eigenvalue weighted by Crippen LogP contribution is 2.35. The molecule has 0 saturated heterocycles. The summed E-state index contributed by atoms with van der Waals surface area (Å²) in [5.74, 6) is 2.10. The first-order chi connectivity index (χ1) is 10.3. The molecule has 0 saturated carbocycles. The summed E-state index contributed by atoms with van der Waals surface area (Å²) in [6.45, 7) is 0.695. The van der Waals surface area contributed by atoms with Crippen LogP contribution in [0.15, 0.2) is 28.8 Å². The van der Waals surface area contributed by atoms with E-state index < -0.39 is 0 Å². The van der Waals surface area contributed by atoms with Crippen LogP contribution >= 0.6 is 0 Å². The van der Waals surface area contributed by atoms with E-state index in [2.05, 4.69) is 21.5 Å². The van der Waals surface area contributed by atoms with Gasteiger partial charge in [0.15, 0.2) is 5.82 Å². The van der Waals surface area contributed by atoms with Gasteiger partial charge in [0.2, 0.25) is 11.8 Å². The minimum absolute atomic E-state index is 0.126. The van der Waals surface area contributed by atoms with Crippen molar-refractivity contribution in [2.24, 2.45) is 0 Å². The topological polar surface area (TPSA) is 77.2 Å². The van der Waals surface area contributed by atoms with Crippen molar-refractivity contribution in [2.45, 2.75) is 25.2 Å². The molecule has 1 aromatic heterocycles. The third-order valence-electron chi connectivity index (χ3n) is 3.61. The fraction of sp³-hybridized carbons (Fsp3) is 0.400. The molecule has 2 heterocycles. The second kappa shape index (κ2) is 5.95. The van der Waals surface area contributed by atoms with Gasteiger partial charge in [0.1, 0.15) is 5.75 Å². The first-order valence-electron chi connectivity index (χ1n) is 7.00. The van der Waals surface area contributed by atoms with Crippen molar-refractivity contribution < 1.29 is 14.1 Å². The number of para-hydroxylation sites is 1. The number of aromatic nitrogens is 2. The van der Waals surface area contributed by atoms with Crippen molar-refractivity contribution in [3.05, 3.63) is 41.5 Å². The minimum Gasteiger partial charge on any atom is -0.493 e. The largest absolute Gasteiger partial charge is 0.493 e. The summed E-state index contributed by atoms with van der Waals surface area (Å²) < 4.78 is 10.9. The lowest BCUT2D eigenvalue weighted by atomic mass is 9.90. The normalized spacial score (nSPS) is 16.9. The Morgan fingerprint density at radius 2 is 2.29 bits per heavy atom. The van der Waals surface area contributed by atoms with E-state index in [0.29, 0.717) is 30.7 Å². The van der Waals surface area contributed by atoms with E-state index in [1.807, 2.05) is 18.2 Å². The Labute approximate surface area is 122 Å². The van der Waals surface area contributed by atoms with E-state index in [9.17, 15) is 4.79 Å². The molecule has 1 atom stereocenters. The summed E-state index contributed by atoms with van der Waals surface area (Å²) in [6.07, 6.45) is 1.73. The molecular weight excluding hydrogens is 270 g/mol. The van der Waals surface area contributed by atoms with Crippen LogP contribution < -0.4 is 10.1 Å². The van der Waals surface area contributed by atoms with Crippen LogP contribution in [0, 0.1) is 0 Å². The number of hydrogen-bond acceptors (Lipinski definition) is 5. The van der Waals surface area contributed by atoms with E-state index in [0.717, 1.165) is 12.2 Å². The maximum absolute atomic E-state index is 11.3. The van der Waals surface area contributed by atoms with E-state index in [1.54, 1.807) is 7.05 Å². The van der Waals surface area contributed by atoms with Gasteiger partial charge in [0.05, 0.1) is 13.0 Å². The lowest BCUT2D eigenvalue weighted by Crippen LogP contribution is -2.20. The number of likely N-dealkylation sites (N-methyl/N-ethyl adjacent to an activating group) is 1. The zero-order chi connectivity index (χ0) is 14.7. The second-order valence-corrected chi connectivity index (χ2v) is 5.03. The molecule has 1 aliphatic heterocycles. The molecule has 3 rings (SSSR count). The van der Waals surface area contributed by atoms with Gasteiger partial charge in [-0.15, -0.1) is 0 Å². The number of benzene rings is 1. The molecule has 1 aromatic carbocycles. The Bertz CT molecular complexity index is 639. The summed E-state index contributed by atoms with van der Waals surface area (Å²) >= 11 is 0. The van der Waals surface area contributed by atoms with Crippen LogP contribution in [0.4, 0.5) is 0 Å². The van der Waals surface area contributed by atoms with Crippen molar-refractivity contribution in [3.63, 3.8) is 0 Å². The zero-order valence-electron chi connectivity index (χ0n) is 11.8. The summed E-state index contributed by atoms with van der Waals surface area (Å²) in [6, 6.07) is 8.02. The van der Waals surface area contributed by atoms with Crippen molar-refractivity contribution in [3.8, 4) is 5.75 Å². The molecule has 0 radical (unpaired) electrons. The summed E-state index contributed by atoms with van der Waals surface area (Å²) in [7, 11) is 1.59. The van der Waals surface area contributed by atoms with Crippen molar-refractivity contribution in [1.29, 1.82) is 0 Å². The third kappa shape index (κ3) is 3.04. The number of carbonyl (C=O) groups is 1. The molecule has 1 N–H and O–H groups in total. The van der Waals surface area contributed by atoms with Gasteiger partial charge in [0.25, 0.3) is 0 Å². The summed E-state index contributed by atoms with van der Waals surface area (Å²) in [4.78, 5) is 15.6. The minimum atomic E-state index is -0.126. The predicted octanol–water partition coefficient (Wildman–Crippen LogP) is 1.47. The lowest BCUT2D eigenvalue weighted by Gasteiger charge is -2.24. The van der Waals surface area contributed by atoms with Crippen molar-refractivity contribution in [2.75, 3.05) is 13.7 Å². The monoisotopic (exact) mass is 287 g/mol. The average Bonchev–Trinajstić information content (AvgIpc) is 2.94. The molecule has 6 heteroatoms. The Hall–Kier alpha value is -2.37. The molecule has 0 bridgehead atoms. The van der Waals surface area contributed by atoms with Crippen LogP contribution in [-0.4, -0.2) is 29.7 Å². The van der Waals surface area contributed by atoms with E-state index >= 15 is 0 Å². The maximum atomic E-state index is 11.3. The highest BCUT2D eigenvalue weighted by molar-refractivity contribution is 5.77. The number of rotatable bonds is 4. The molecule has 0 aliphatic carbocycles. The highest BCUT2D eigenvalue weighted by Gasteiger charge is 2.23. The van der Waals surface area contributed by atoms with Gasteiger partial charge in [-0.3, -0.25) is 4.79 Å². The predicted molar refractivity (Wildman–Crippen MR) is 75.1 cm³/mol. The number of amides is 1. The highest BCUT2D eigenvalue weighted by atomic mass is 16.5. The van der Waals surface area contributed by atoms with Crippen LogP contribution in [0.3, 0.4) is 0 Å². The molecule has 6 nitrogen and oxygen atoms in total. The van der Waals surface area contributed by atoms with Crippen molar-refractivity contribution >= 4 is 5.91 Å². The molecule has 110 valence electrons. The van der Waals surface area contributed by atoms with Crippen LogP contribution in [0.25, 0.3) is 0 Å². The smallest absolute Gasteiger partial charge is 0.227 e. The molecule has 2 aromatic rings. The number of nitrogens with one attached hydrogen (secondary N) is 1. The van der Waals surface area contributed by atoms with Crippen LogP contribution in [-0.2, 0) is 17.6 Å². The average molecular weight is 287 g/mol. The molecule has 21 heavy (non-hydrogen) atoms. The standard InChI is InChI=1S/C15H17N3O3/c1-16-14(19)9-13-17-15(21-18-13)8-10-6-7-20-12-5-3-2-4-11(10)12/h2-5,10H,6-9H2,1H3,(H,16,19)/t10-/m1/s1. The van der Waals surface area contributed by atoms with Gasteiger partial charge in [-0.25, -0.2) is 0 Å². The second-order valence-electron chi connectivity index (χ2n) is 5.03. The fourth-order valence-corrected chi connectivity index (χ4v) is 2.52. The number of nitrogens with zero attached hydrogens (tertiary/aromatic N) is 2.